The number of piperazine rings is 1. The van der Waals surface area contributed by atoms with Gasteiger partial charge in [0.15, 0.2) is 5.75 Å². The number of halogens is 1. The Bertz CT molecular complexity index is 1320. The summed E-state index contributed by atoms with van der Waals surface area (Å²) in [6, 6.07) is 19.3. The number of benzene rings is 3. The number of aryl methyl sites for hydroxylation is 1. The molecule has 0 saturated carbocycles. The summed E-state index contributed by atoms with van der Waals surface area (Å²) in [5, 5.41) is 0. The summed E-state index contributed by atoms with van der Waals surface area (Å²) in [5.74, 6) is 1.62. The van der Waals surface area contributed by atoms with E-state index in [9.17, 15) is 12.8 Å². The van der Waals surface area contributed by atoms with Crippen LogP contribution in [0.3, 0.4) is 0 Å². The zero-order valence-electron chi connectivity index (χ0n) is 17.5. The highest BCUT2D eigenvalue weighted by molar-refractivity contribution is 7.89. The lowest BCUT2D eigenvalue weighted by molar-refractivity contribution is 0.266. The van der Waals surface area contributed by atoms with Crippen molar-refractivity contribution in [3.63, 3.8) is 0 Å². The molecule has 3 aromatic rings. The number of para-hydroxylation sites is 3. The number of sulfonamides is 1. The van der Waals surface area contributed by atoms with Crippen LogP contribution in [0.5, 0.6) is 11.5 Å². The number of amidine groups is 1. The van der Waals surface area contributed by atoms with Crippen molar-refractivity contribution in [3.05, 3.63) is 83.7 Å². The molecule has 2 aliphatic heterocycles. The van der Waals surface area contributed by atoms with Crippen LogP contribution >= 0.6 is 0 Å². The van der Waals surface area contributed by atoms with Crippen LogP contribution in [0.25, 0.3) is 0 Å². The van der Waals surface area contributed by atoms with Gasteiger partial charge in [-0.3, -0.25) is 0 Å². The van der Waals surface area contributed by atoms with Gasteiger partial charge in [-0.05, 0) is 48.9 Å². The molecule has 2 heterocycles. The standard InChI is InChI=1S/C24H22FN3O3S/c1-17-10-11-18(16-20(17)25)32(29,30)28-14-12-27(13-15-28)24-19-6-2-4-8-22(19)31-23-9-5-3-7-21(23)26-24/h2-11,16H,12-15H2,1H3. The average molecular weight is 452 g/mol. The van der Waals surface area contributed by atoms with Crippen LogP contribution in [0.4, 0.5) is 10.1 Å². The highest BCUT2D eigenvalue weighted by atomic mass is 32.2. The summed E-state index contributed by atoms with van der Waals surface area (Å²) in [7, 11) is -3.77. The summed E-state index contributed by atoms with van der Waals surface area (Å²) in [5.41, 5.74) is 2.01. The van der Waals surface area contributed by atoms with Gasteiger partial charge in [0, 0.05) is 26.2 Å². The molecule has 8 heteroatoms. The first-order valence-electron chi connectivity index (χ1n) is 10.4. The predicted octanol–water partition coefficient (Wildman–Crippen LogP) is 4.32. The molecule has 0 aliphatic carbocycles. The molecule has 0 amide bonds. The second-order valence-electron chi connectivity index (χ2n) is 7.80. The summed E-state index contributed by atoms with van der Waals surface area (Å²) in [6.07, 6.45) is 0. The zero-order chi connectivity index (χ0) is 22.3. The maximum absolute atomic E-state index is 14.0. The van der Waals surface area contributed by atoms with E-state index in [1.54, 1.807) is 6.92 Å². The lowest BCUT2D eigenvalue weighted by atomic mass is 10.1. The monoisotopic (exact) mass is 451 g/mol. The molecule has 0 atom stereocenters. The van der Waals surface area contributed by atoms with E-state index in [1.165, 1.54) is 16.4 Å². The average Bonchev–Trinajstić information content (AvgIpc) is 2.97. The Kier molecular flexibility index (Phi) is 5.19. The maximum atomic E-state index is 14.0. The minimum Gasteiger partial charge on any atom is -0.454 e. The Morgan fingerprint density at radius 1 is 0.906 bits per heavy atom. The molecule has 2 aliphatic rings. The summed E-state index contributed by atoms with van der Waals surface area (Å²) < 4.78 is 47.5. The predicted molar refractivity (Wildman–Crippen MR) is 121 cm³/mol. The van der Waals surface area contributed by atoms with Crippen molar-refractivity contribution in [2.45, 2.75) is 11.8 Å². The fourth-order valence-electron chi connectivity index (χ4n) is 3.93. The van der Waals surface area contributed by atoms with Crippen molar-refractivity contribution < 1.29 is 17.5 Å². The minimum absolute atomic E-state index is 0.0199. The van der Waals surface area contributed by atoms with Crippen molar-refractivity contribution in [1.29, 1.82) is 0 Å². The molecule has 0 bridgehead atoms. The lowest BCUT2D eigenvalue weighted by Gasteiger charge is -2.35. The molecule has 5 rings (SSSR count). The van der Waals surface area contributed by atoms with Gasteiger partial charge in [0.2, 0.25) is 10.0 Å². The fourth-order valence-corrected chi connectivity index (χ4v) is 5.37. The van der Waals surface area contributed by atoms with Crippen LogP contribution in [0.15, 0.2) is 76.6 Å². The lowest BCUT2D eigenvalue weighted by Crippen LogP contribution is -2.50. The Morgan fingerprint density at radius 3 is 2.34 bits per heavy atom. The third-order valence-corrected chi connectivity index (χ3v) is 7.65. The van der Waals surface area contributed by atoms with Gasteiger partial charge in [-0.25, -0.2) is 17.8 Å². The van der Waals surface area contributed by atoms with Crippen molar-refractivity contribution >= 4 is 21.5 Å². The highest BCUT2D eigenvalue weighted by Gasteiger charge is 2.31. The van der Waals surface area contributed by atoms with Gasteiger partial charge in [0.25, 0.3) is 0 Å². The summed E-state index contributed by atoms with van der Waals surface area (Å²) in [4.78, 5) is 6.93. The molecule has 0 N–H and O–H groups in total. The highest BCUT2D eigenvalue weighted by Crippen LogP contribution is 2.38. The van der Waals surface area contributed by atoms with E-state index in [2.05, 4.69) is 4.90 Å². The SMILES string of the molecule is Cc1ccc(S(=O)(=O)N2CCN(C3=Nc4ccccc4Oc4ccccc43)CC2)cc1F. The Hall–Kier alpha value is -3.23. The molecule has 32 heavy (non-hydrogen) atoms. The Balaban J connectivity index is 1.42. The van der Waals surface area contributed by atoms with Crippen LogP contribution < -0.4 is 4.74 Å². The maximum Gasteiger partial charge on any atom is 0.243 e. The Labute approximate surface area is 186 Å². The van der Waals surface area contributed by atoms with Crippen LogP contribution in [-0.2, 0) is 10.0 Å². The van der Waals surface area contributed by atoms with Crippen molar-refractivity contribution in [3.8, 4) is 11.5 Å². The van der Waals surface area contributed by atoms with E-state index in [4.69, 9.17) is 9.73 Å². The van der Waals surface area contributed by atoms with Crippen molar-refractivity contribution in [2.24, 2.45) is 4.99 Å². The van der Waals surface area contributed by atoms with E-state index < -0.39 is 15.8 Å². The largest absolute Gasteiger partial charge is 0.454 e. The summed E-state index contributed by atoms with van der Waals surface area (Å²) >= 11 is 0. The van der Waals surface area contributed by atoms with Gasteiger partial charge in [0.05, 0.1) is 10.5 Å². The Morgan fingerprint density at radius 2 is 1.59 bits per heavy atom. The molecule has 0 unspecified atom stereocenters. The molecule has 164 valence electrons. The normalized spacial score (nSPS) is 16.4. The van der Waals surface area contributed by atoms with Crippen LogP contribution in [0, 0.1) is 12.7 Å². The quantitative estimate of drug-likeness (QED) is 0.582. The van der Waals surface area contributed by atoms with Gasteiger partial charge < -0.3 is 9.64 Å². The first kappa shape index (κ1) is 20.7. The number of ether oxygens (including phenoxy) is 1. The van der Waals surface area contributed by atoms with Crippen molar-refractivity contribution in [2.75, 3.05) is 26.2 Å². The van der Waals surface area contributed by atoms with Gasteiger partial charge in [-0.1, -0.05) is 30.3 Å². The number of fused-ring (bicyclic) bond motifs is 2. The topological polar surface area (TPSA) is 62.2 Å². The first-order valence-corrected chi connectivity index (χ1v) is 11.8. The second-order valence-corrected chi connectivity index (χ2v) is 9.74. The van der Waals surface area contributed by atoms with Gasteiger partial charge >= 0.3 is 0 Å². The smallest absolute Gasteiger partial charge is 0.243 e. The fraction of sp³-hybridized carbons (Fsp3) is 0.208. The minimum atomic E-state index is -3.77. The molecule has 1 fully saturated rings. The number of nitrogens with zero attached hydrogens (tertiary/aromatic N) is 3. The first-order chi connectivity index (χ1) is 15.4. The van der Waals surface area contributed by atoms with E-state index >= 15 is 0 Å². The van der Waals surface area contributed by atoms with Gasteiger partial charge in [0.1, 0.15) is 23.1 Å². The number of aliphatic imine (C=N–C) groups is 1. The second kappa shape index (κ2) is 8.03. The number of rotatable bonds is 2. The van der Waals surface area contributed by atoms with E-state index in [0.717, 1.165) is 23.2 Å². The van der Waals surface area contributed by atoms with E-state index in [0.29, 0.717) is 30.2 Å². The number of hydrogen-bond donors (Lipinski definition) is 0. The third kappa shape index (κ3) is 3.65. The molecule has 0 spiro atoms. The molecule has 3 aromatic carbocycles. The van der Waals surface area contributed by atoms with Crippen LogP contribution in [-0.4, -0.2) is 49.6 Å². The van der Waals surface area contributed by atoms with Crippen LogP contribution in [0.1, 0.15) is 11.1 Å². The molecule has 0 radical (unpaired) electrons. The zero-order valence-corrected chi connectivity index (χ0v) is 18.3. The van der Waals surface area contributed by atoms with Crippen molar-refractivity contribution in [1.82, 2.24) is 9.21 Å². The third-order valence-electron chi connectivity index (χ3n) is 5.76. The molecular weight excluding hydrogens is 429 g/mol. The molecule has 1 saturated heterocycles. The molecular formula is C24H22FN3O3S. The van der Waals surface area contributed by atoms with E-state index in [1.807, 2.05) is 48.5 Å². The van der Waals surface area contributed by atoms with Gasteiger partial charge in [-0.2, -0.15) is 4.31 Å². The van der Waals surface area contributed by atoms with Crippen LogP contribution in [0.2, 0.25) is 0 Å². The molecule has 6 nitrogen and oxygen atoms in total. The molecule has 0 aromatic heterocycles. The number of hydrogen-bond acceptors (Lipinski definition) is 5. The van der Waals surface area contributed by atoms with E-state index in [-0.39, 0.29) is 18.0 Å². The summed E-state index contributed by atoms with van der Waals surface area (Å²) in [6.45, 7) is 3.09. The van der Waals surface area contributed by atoms with Gasteiger partial charge in [-0.15, -0.1) is 0 Å².